The van der Waals surface area contributed by atoms with Crippen molar-refractivity contribution in [2.24, 2.45) is 0 Å². The van der Waals surface area contributed by atoms with Crippen LogP contribution in [0.1, 0.15) is 6.92 Å². The van der Waals surface area contributed by atoms with Gasteiger partial charge in [0, 0.05) is 0 Å². The number of nitrogens with one attached hydrogen (secondary N) is 1. The van der Waals surface area contributed by atoms with Crippen LogP contribution in [0.15, 0.2) is 0 Å². The van der Waals surface area contributed by atoms with Crippen LogP contribution in [0.5, 0.6) is 0 Å². The first-order valence-electron chi connectivity index (χ1n) is 2.35. The van der Waals surface area contributed by atoms with E-state index in [0.717, 1.165) is 0 Å². The Morgan fingerprint density at radius 1 is 1.75 bits per heavy atom. The maximum Gasteiger partial charge on any atom is 0.153 e. The lowest BCUT2D eigenvalue weighted by molar-refractivity contribution is -0.123. The molecule has 0 heterocycles. The van der Waals surface area contributed by atoms with Crippen LogP contribution in [0, 0.1) is 0 Å². The topological polar surface area (TPSA) is 46.2 Å². The lowest BCUT2D eigenvalue weighted by atomic mass is 10.2. The maximum absolute atomic E-state index is 10.3. The van der Waals surface area contributed by atoms with Gasteiger partial charge in [0.15, 0.2) is 5.78 Å². The van der Waals surface area contributed by atoms with Crippen molar-refractivity contribution in [1.29, 1.82) is 0 Å². The van der Waals surface area contributed by atoms with Crippen LogP contribution in [0.3, 0.4) is 0 Å². The first-order chi connectivity index (χ1) is 3.72. The number of hydrogen-bond donors (Lipinski definition) is 1. The van der Waals surface area contributed by atoms with Gasteiger partial charge in [-0.05, 0) is 14.0 Å². The van der Waals surface area contributed by atoms with Crippen LogP contribution >= 0.6 is 0 Å². The Balaban J connectivity index is 3.69. The smallest absolute Gasteiger partial charge is 0.153 e. The monoisotopic (exact) mass is 115 g/mol. The second-order valence-corrected chi connectivity index (χ2v) is 1.51. The van der Waals surface area contributed by atoms with Crippen LogP contribution in [0.4, 0.5) is 0 Å². The SMILES string of the molecule is CN[C@H](C=O)C(C)=O. The average Bonchev–Trinajstić information content (AvgIpc) is 1.69. The fourth-order valence-electron chi connectivity index (χ4n) is 0.367. The van der Waals surface area contributed by atoms with E-state index in [4.69, 9.17) is 0 Å². The summed E-state index contributed by atoms with van der Waals surface area (Å²) >= 11 is 0. The predicted molar refractivity (Wildman–Crippen MR) is 29.6 cm³/mol. The van der Waals surface area contributed by atoms with Crippen molar-refractivity contribution in [2.45, 2.75) is 13.0 Å². The molecule has 0 spiro atoms. The summed E-state index contributed by atoms with van der Waals surface area (Å²) in [5.41, 5.74) is 0. The third-order valence-electron chi connectivity index (χ3n) is 0.885. The molecule has 0 fully saturated rings. The van der Waals surface area contributed by atoms with E-state index in [-0.39, 0.29) is 5.78 Å². The normalized spacial score (nSPS) is 12.8. The third kappa shape index (κ3) is 1.84. The van der Waals surface area contributed by atoms with Gasteiger partial charge < -0.3 is 10.1 Å². The molecule has 0 aromatic heterocycles. The van der Waals surface area contributed by atoms with Gasteiger partial charge in [-0.2, -0.15) is 0 Å². The van der Waals surface area contributed by atoms with Crippen LogP contribution in [0.25, 0.3) is 0 Å². The molecule has 0 aromatic carbocycles. The van der Waals surface area contributed by atoms with Gasteiger partial charge in [-0.1, -0.05) is 0 Å². The molecular formula is C5H9NO2. The summed E-state index contributed by atoms with van der Waals surface area (Å²) in [4.78, 5) is 20.2. The van der Waals surface area contributed by atoms with Gasteiger partial charge in [0.1, 0.15) is 12.3 Å². The zero-order chi connectivity index (χ0) is 6.57. The molecule has 0 saturated heterocycles. The van der Waals surface area contributed by atoms with Crippen LogP contribution in [-0.2, 0) is 9.59 Å². The largest absolute Gasteiger partial charge is 0.305 e. The van der Waals surface area contributed by atoms with Crippen molar-refractivity contribution in [3.8, 4) is 0 Å². The Hall–Kier alpha value is -0.700. The molecule has 3 nitrogen and oxygen atoms in total. The number of ketones is 1. The van der Waals surface area contributed by atoms with Crippen LogP contribution in [-0.4, -0.2) is 25.2 Å². The number of carbonyl (C=O) groups excluding carboxylic acids is 2. The van der Waals surface area contributed by atoms with Gasteiger partial charge in [0.05, 0.1) is 0 Å². The summed E-state index contributed by atoms with van der Waals surface area (Å²) in [6.07, 6.45) is 0.586. The molecule has 46 valence electrons. The van der Waals surface area contributed by atoms with Gasteiger partial charge in [-0.15, -0.1) is 0 Å². The highest BCUT2D eigenvalue weighted by atomic mass is 16.1. The molecular weight excluding hydrogens is 106 g/mol. The van der Waals surface area contributed by atoms with E-state index < -0.39 is 6.04 Å². The fourth-order valence-corrected chi connectivity index (χ4v) is 0.367. The predicted octanol–water partition coefficient (Wildman–Crippen LogP) is -0.638. The molecule has 0 bridgehead atoms. The maximum atomic E-state index is 10.3. The Morgan fingerprint density at radius 2 is 2.25 bits per heavy atom. The fraction of sp³-hybridized carbons (Fsp3) is 0.600. The molecule has 1 N–H and O–H groups in total. The lowest BCUT2D eigenvalue weighted by Crippen LogP contribution is -2.33. The Kier molecular flexibility index (Phi) is 3.03. The van der Waals surface area contributed by atoms with E-state index in [1.165, 1.54) is 6.92 Å². The first kappa shape index (κ1) is 7.30. The van der Waals surface area contributed by atoms with Crippen molar-refractivity contribution >= 4 is 12.1 Å². The molecule has 0 radical (unpaired) electrons. The molecule has 8 heavy (non-hydrogen) atoms. The zero-order valence-electron chi connectivity index (χ0n) is 4.97. The minimum absolute atomic E-state index is 0.150. The van der Waals surface area contributed by atoms with E-state index in [9.17, 15) is 9.59 Å². The second kappa shape index (κ2) is 3.32. The van der Waals surface area contributed by atoms with Crippen molar-refractivity contribution in [3.63, 3.8) is 0 Å². The lowest BCUT2D eigenvalue weighted by Gasteiger charge is -2.00. The van der Waals surface area contributed by atoms with E-state index in [0.29, 0.717) is 6.29 Å². The van der Waals surface area contributed by atoms with Gasteiger partial charge in [-0.25, -0.2) is 0 Å². The summed E-state index contributed by atoms with van der Waals surface area (Å²) < 4.78 is 0. The van der Waals surface area contributed by atoms with Gasteiger partial charge in [0.2, 0.25) is 0 Å². The molecule has 0 aliphatic carbocycles. The van der Waals surface area contributed by atoms with Crippen molar-refractivity contribution in [3.05, 3.63) is 0 Å². The molecule has 0 aromatic rings. The number of likely N-dealkylation sites (N-methyl/N-ethyl adjacent to an activating group) is 1. The van der Waals surface area contributed by atoms with Crippen molar-refractivity contribution in [1.82, 2.24) is 5.32 Å². The third-order valence-corrected chi connectivity index (χ3v) is 0.885. The minimum Gasteiger partial charge on any atom is -0.305 e. The molecule has 0 aliphatic rings. The molecule has 0 amide bonds. The Bertz CT molecular complexity index is 101. The summed E-state index contributed by atoms with van der Waals surface area (Å²) in [5.74, 6) is -0.150. The molecule has 0 aliphatic heterocycles. The number of Topliss-reactive ketones (excluding diaryl/α,β-unsaturated/α-hetero) is 1. The van der Waals surface area contributed by atoms with Gasteiger partial charge >= 0.3 is 0 Å². The summed E-state index contributed by atoms with van der Waals surface area (Å²) in [5, 5.41) is 2.53. The second-order valence-electron chi connectivity index (χ2n) is 1.51. The highest BCUT2D eigenvalue weighted by Crippen LogP contribution is 1.75. The minimum atomic E-state index is -0.616. The molecule has 0 rings (SSSR count). The van der Waals surface area contributed by atoms with Crippen LogP contribution < -0.4 is 5.32 Å². The standard InChI is InChI=1S/C5H9NO2/c1-4(8)5(3-7)6-2/h3,5-6H,1-2H3/t5-/m1/s1. The summed E-state index contributed by atoms with van der Waals surface area (Å²) in [6.45, 7) is 1.37. The molecule has 0 saturated carbocycles. The molecule has 0 unspecified atom stereocenters. The number of rotatable bonds is 3. The molecule has 1 atom stereocenters. The Labute approximate surface area is 48.1 Å². The first-order valence-corrected chi connectivity index (χ1v) is 2.35. The summed E-state index contributed by atoms with van der Waals surface area (Å²) in [7, 11) is 1.57. The highest BCUT2D eigenvalue weighted by Gasteiger charge is 2.07. The van der Waals surface area contributed by atoms with E-state index in [1.807, 2.05) is 0 Å². The van der Waals surface area contributed by atoms with E-state index in [2.05, 4.69) is 5.32 Å². The number of carbonyl (C=O) groups is 2. The summed E-state index contributed by atoms with van der Waals surface area (Å²) in [6, 6.07) is -0.616. The average molecular weight is 115 g/mol. The van der Waals surface area contributed by atoms with Gasteiger partial charge in [-0.3, -0.25) is 4.79 Å². The zero-order valence-corrected chi connectivity index (χ0v) is 4.97. The van der Waals surface area contributed by atoms with Gasteiger partial charge in [0.25, 0.3) is 0 Å². The van der Waals surface area contributed by atoms with Crippen molar-refractivity contribution in [2.75, 3.05) is 7.05 Å². The number of hydrogen-bond acceptors (Lipinski definition) is 3. The van der Waals surface area contributed by atoms with E-state index >= 15 is 0 Å². The quantitative estimate of drug-likeness (QED) is 0.393. The highest BCUT2D eigenvalue weighted by molar-refractivity contribution is 5.95. The molecule has 3 heteroatoms. The Morgan fingerprint density at radius 3 is 2.25 bits per heavy atom. The number of aldehydes is 1. The van der Waals surface area contributed by atoms with Crippen LogP contribution in [0.2, 0.25) is 0 Å². The van der Waals surface area contributed by atoms with E-state index in [1.54, 1.807) is 7.05 Å². The van der Waals surface area contributed by atoms with Crippen molar-refractivity contribution < 1.29 is 9.59 Å².